The molecule has 0 fully saturated rings. The molecule has 2 N–H and O–H groups in total. The normalized spacial score (nSPS) is 11.1. The minimum atomic E-state index is -0.538. The number of benzene rings is 4. The zero-order chi connectivity index (χ0) is 29.3. The molecule has 0 bridgehead atoms. The molecule has 0 atom stereocenters. The van der Waals surface area contributed by atoms with Crippen molar-refractivity contribution in [3.63, 3.8) is 0 Å². The molecular weight excluding hydrogens is 551 g/mol. The zero-order valence-corrected chi connectivity index (χ0v) is 23.1. The summed E-state index contributed by atoms with van der Waals surface area (Å²) in [5.74, 6) is -0.283. The van der Waals surface area contributed by atoms with Crippen LogP contribution in [0.3, 0.4) is 0 Å². The lowest BCUT2D eigenvalue weighted by molar-refractivity contribution is -0.113. The highest BCUT2D eigenvalue weighted by molar-refractivity contribution is 8.00. The van der Waals surface area contributed by atoms with Gasteiger partial charge in [0.25, 0.3) is 11.8 Å². The Balaban J connectivity index is 1.29. The Morgan fingerprint density at radius 2 is 1.40 bits per heavy atom. The molecule has 0 aliphatic heterocycles. The van der Waals surface area contributed by atoms with Crippen molar-refractivity contribution >= 4 is 41.1 Å². The second-order valence-corrected chi connectivity index (χ2v) is 10.2. The largest absolute Gasteiger partial charge is 0.457 e. The van der Waals surface area contributed by atoms with Crippen molar-refractivity contribution in [3.8, 4) is 11.3 Å². The van der Waals surface area contributed by atoms with Gasteiger partial charge < -0.3 is 15.1 Å². The van der Waals surface area contributed by atoms with Gasteiger partial charge in [0, 0.05) is 33.3 Å². The quantitative estimate of drug-likeness (QED) is 0.102. The Bertz CT molecular complexity index is 1720. The summed E-state index contributed by atoms with van der Waals surface area (Å²) < 4.78 is 19.0. The molecule has 1 heterocycles. The summed E-state index contributed by atoms with van der Waals surface area (Å²) in [7, 11) is 0. The van der Waals surface area contributed by atoms with Crippen LogP contribution in [-0.4, -0.2) is 23.4 Å². The lowest BCUT2D eigenvalue weighted by Crippen LogP contribution is -2.30. The van der Waals surface area contributed by atoms with Crippen LogP contribution in [0.1, 0.15) is 26.5 Å². The average molecular weight is 577 g/mol. The van der Waals surface area contributed by atoms with E-state index in [0.717, 1.165) is 10.5 Å². The van der Waals surface area contributed by atoms with E-state index in [1.807, 2.05) is 30.3 Å². The third-order valence-electron chi connectivity index (χ3n) is 6.15. The maximum absolute atomic E-state index is 13.3. The molecule has 5 rings (SSSR count). The van der Waals surface area contributed by atoms with Gasteiger partial charge in [0.05, 0.1) is 5.75 Å². The van der Waals surface area contributed by atoms with E-state index in [2.05, 4.69) is 10.6 Å². The molecule has 5 aromatic rings. The Kier molecular flexibility index (Phi) is 9.06. The number of halogens is 1. The lowest BCUT2D eigenvalue weighted by Gasteiger charge is -2.11. The number of thioether (sulfide) groups is 1. The Morgan fingerprint density at radius 1 is 0.738 bits per heavy atom. The van der Waals surface area contributed by atoms with Crippen LogP contribution in [0.2, 0.25) is 0 Å². The van der Waals surface area contributed by atoms with Gasteiger partial charge in [0.15, 0.2) is 5.78 Å². The molecule has 2 amide bonds. The monoisotopic (exact) mass is 576 g/mol. The van der Waals surface area contributed by atoms with Crippen LogP contribution in [0.15, 0.2) is 136 Å². The molecule has 0 saturated heterocycles. The molecule has 0 aliphatic carbocycles. The lowest BCUT2D eigenvalue weighted by atomic mass is 10.1. The number of rotatable bonds is 10. The van der Waals surface area contributed by atoms with Crippen molar-refractivity contribution in [1.29, 1.82) is 0 Å². The van der Waals surface area contributed by atoms with Crippen LogP contribution < -0.4 is 10.6 Å². The van der Waals surface area contributed by atoms with E-state index in [0.29, 0.717) is 28.3 Å². The van der Waals surface area contributed by atoms with Gasteiger partial charge in [0.1, 0.15) is 23.0 Å². The summed E-state index contributed by atoms with van der Waals surface area (Å²) in [6.45, 7) is 0. The SMILES string of the molecule is O=C(Nc1ccc(SCC(=O)c2ccc(F)cc2)cc1)C(=Cc1ccc(-c2ccccc2)o1)NC(=O)c1ccccc1. The third-order valence-corrected chi connectivity index (χ3v) is 7.16. The minimum Gasteiger partial charge on any atom is -0.457 e. The van der Waals surface area contributed by atoms with Gasteiger partial charge >= 0.3 is 0 Å². The second-order valence-electron chi connectivity index (χ2n) is 9.14. The van der Waals surface area contributed by atoms with E-state index in [1.54, 1.807) is 66.7 Å². The number of nitrogens with one attached hydrogen (secondary N) is 2. The number of carbonyl (C=O) groups is 3. The fourth-order valence-corrected chi connectivity index (χ4v) is 4.77. The van der Waals surface area contributed by atoms with Crippen molar-refractivity contribution in [3.05, 3.63) is 150 Å². The van der Waals surface area contributed by atoms with Crippen molar-refractivity contribution < 1.29 is 23.2 Å². The van der Waals surface area contributed by atoms with Crippen molar-refractivity contribution in [1.82, 2.24) is 5.32 Å². The van der Waals surface area contributed by atoms with E-state index >= 15 is 0 Å². The van der Waals surface area contributed by atoms with Gasteiger partial charge in [-0.15, -0.1) is 11.8 Å². The third kappa shape index (κ3) is 7.50. The highest BCUT2D eigenvalue weighted by Crippen LogP contribution is 2.24. The van der Waals surface area contributed by atoms with Crippen LogP contribution in [0.5, 0.6) is 0 Å². The standard InChI is InChI=1S/C34H25FN2O4S/c35-26-13-11-23(12-14-26)31(38)22-42-29-18-15-27(16-19-29)36-34(40)30(37-33(39)25-9-5-2-6-10-25)21-28-17-20-32(41-28)24-7-3-1-4-8-24/h1-21H,22H2,(H,36,40)(H,37,39). The summed E-state index contributed by atoms with van der Waals surface area (Å²) in [6, 6.07) is 34.1. The number of ketones is 1. The highest BCUT2D eigenvalue weighted by Gasteiger charge is 2.16. The van der Waals surface area contributed by atoms with Gasteiger partial charge in [-0.25, -0.2) is 4.39 Å². The number of amides is 2. The summed E-state index contributed by atoms with van der Waals surface area (Å²) in [5.41, 5.74) is 2.22. The molecule has 0 radical (unpaired) electrons. The first-order valence-electron chi connectivity index (χ1n) is 13.0. The summed E-state index contributed by atoms with van der Waals surface area (Å²) in [4.78, 5) is 39.4. The van der Waals surface area contributed by atoms with E-state index in [9.17, 15) is 18.8 Å². The predicted molar refractivity (Wildman–Crippen MR) is 163 cm³/mol. The van der Waals surface area contributed by atoms with Crippen LogP contribution in [0.25, 0.3) is 17.4 Å². The molecule has 0 aliphatic rings. The van der Waals surface area contributed by atoms with Gasteiger partial charge in [-0.05, 0) is 72.8 Å². The van der Waals surface area contributed by atoms with Crippen LogP contribution in [0.4, 0.5) is 10.1 Å². The molecule has 8 heteroatoms. The van der Waals surface area contributed by atoms with Crippen LogP contribution in [-0.2, 0) is 4.79 Å². The van der Waals surface area contributed by atoms with E-state index in [4.69, 9.17) is 4.42 Å². The second kappa shape index (κ2) is 13.4. The average Bonchev–Trinajstić information content (AvgIpc) is 3.50. The van der Waals surface area contributed by atoms with Crippen LogP contribution >= 0.6 is 11.8 Å². The Morgan fingerprint density at radius 3 is 2.10 bits per heavy atom. The number of hydrogen-bond donors (Lipinski definition) is 2. The number of Topliss-reactive ketones (excluding diaryl/α,β-unsaturated/α-hetero) is 1. The molecule has 1 aromatic heterocycles. The van der Waals surface area contributed by atoms with Crippen molar-refractivity contribution in [2.45, 2.75) is 4.90 Å². The maximum atomic E-state index is 13.3. The molecule has 6 nitrogen and oxygen atoms in total. The molecular formula is C34H25FN2O4S. The van der Waals surface area contributed by atoms with Gasteiger partial charge in [-0.3, -0.25) is 14.4 Å². The molecule has 0 unspecified atom stereocenters. The minimum absolute atomic E-state index is 0.00107. The van der Waals surface area contributed by atoms with Crippen LogP contribution in [0, 0.1) is 5.82 Å². The summed E-state index contributed by atoms with van der Waals surface area (Å²) in [5, 5.41) is 5.50. The fourth-order valence-electron chi connectivity index (χ4n) is 3.97. The first-order chi connectivity index (χ1) is 20.4. The summed E-state index contributed by atoms with van der Waals surface area (Å²) >= 11 is 1.33. The Labute approximate surface area is 246 Å². The first-order valence-corrected chi connectivity index (χ1v) is 14.0. The molecule has 208 valence electrons. The number of hydrogen-bond acceptors (Lipinski definition) is 5. The van der Waals surface area contributed by atoms with E-state index in [-0.39, 0.29) is 17.2 Å². The fraction of sp³-hybridized carbons (Fsp3) is 0.0294. The number of furan rings is 1. The van der Waals surface area contributed by atoms with E-state index < -0.39 is 17.6 Å². The topological polar surface area (TPSA) is 88.4 Å². The molecule has 4 aromatic carbocycles. The molecule has 42 heavy (non-hydrogen) atoms. The van der Waals surface area contributed by atoms with Crippen molar-refractivity contribution in [2.24, 2.45) is 0 Å². The smallest absolute Gasteiger partial charge is 0.272 e. The van der Waals surface area contributed by atoms with Gasteiger partial charge in [0.2, 0.25) is 0 Å². The number of carbonyl (C=O) groups excluding carboxylic acids is 3. The molecule has 0 spiro atoms. The summed E-state index contributed by atoms with van der Waals surface area (Å²) in [6.07, 6.45) is 1.48. The molecule has 0 saturated carbocycles. The predicted octanol–water partition coefficient (Wildman–Crippen LogP) is 7.47. The maximum Gasteiger partial charge on any atom is 0.272 e. The highest BCUT2D eigenvalue weighted by atomic mass is 32.2. The zero-order valence-electron chi connectivity index (χ0n) is 22.3. The van der Waals surface area contributed by atoms with Crippen molar-refractivity contribution in [2.75, 3.05) is 11.1 Å². The van der Waals surface area contributed by atoms with Gasteiger partial charge in [-0.1, -0.05) is 48.5 Å². The number of anilines is 1. The first kappa shape index (κ1) is 28.3. The van der Waals surface area contributed by atoms with E-state index in [1.165, 1.54) is 42.1 Å². The Hall–Kier alpha value is -5.21. The van der Waals surface area contributed by atoms with Gasteiger partial charge in [-0.2, -0.15) is 0 Å².